The summed E-state index contributed by atoms with van der Waals surface area (Å²) < 4.78 is 2.37. The van der Waals surface area contributed by atoms with Crippen molar-refractivity contribution in [3.8, 4) is 0 Å². The fourth-order valence-electron chi connectivity index (χ4n) is 3.84. The average molecular weight is 368 g/mol. The first kappa shape index (κ1) is 17.1. The Bertz CT molecular complexity index is 1140. The minimum atomic E-state index is -0.987. The summed E-state index contributed by atoms with van der Waals surface area (Å²) in [6.45, 7) is 3.38. The predicted octanol–water partition coefficient (Wildman–Crippen LogP) is 1.88. The van der Waals surface area contributed by atoms with E-state index in [1.165, 1.54) is 6.92 Å². The largest absolute Gasteiger partial charge is 0.425 e. The smallest absolute Gasteiger partial charge is 0.348 e. The highest BCUT2D eigenvalue weighted by atomic mass is 16.5. The number of fused-ring (bicyclic) bond motifs is 2. The SMILES string of the molecule is CC(=O)Nc1c(C)ccn1C1=CC2=C(CC1)CCc1[nH]c(=O)c(=O)n(O)c12. The van der Waals surface area contributed by atoms with Crippen molar-refractivity contribution < 1.29 is 10.0 Å². The third kappa shape index (κ3) is 2.73. The van der Waals surface area contributed by atoms with Crippen molar-refractivity contribution in [3.05, 3.63) is 61.6 Å². The summed E-state index contributed by atoms with van der Waals surface area (Å²) in [5.41, 5.74) is 2.88. The van der Waals surface area contributed by atoms with E-state index >= 15 is 0 Å². The number of nitrogens with one attached hydrogen (secondary N) is 2. The molecule has 0 aromatic carbocycles. The molecule has 1 amide bonds. The summed E-state index contributed by atoms with van der Waals surface area (Å²) in [7, 11) is 0. The molecule has 140 valence electrons. The Morgan fingerprint density at radius 3 is 2.70 bits per heavy atom. The average Bonchev–Trinajstić information content (AvgIpc) is 2.99. The van der Waals surface area contributed by atoms with Gasteiger partial charge in [0.1, 0.15) is 11.5 Å². The molecule has 2 aromatic rings. The van der Waals surface area contributed by atoms with Gasteiger partial charge in [0.15, 0.2) is 0 Å². The molecule has 0 saturated heterocycles. The van der Waals surface area contributed by atoms with Gasteiger partial charge in [0.2, 0.25) is 5.91 Å². The Balaban J connectivity index is 1.87. The Morgan fingerprint density at radius 1 is 1.22 bits per heavy atom. The molecule has 0 fully saturated rings. The van der Waals surface area contributed by atoms with Gasteiger partial charge in [-0.15, -0.1) is 4.73 Å². The summed E-state index contributed by atoms with van der Waals surface area (Å²) in [6.07, 6.45) is 6.71. The molecule has 2 aliphatic rings. The molecule has 8 nitrogen and oxygen atoms in total. The number of rotatable bonds is 2. The van der Waals surface area contributed by atoms with Crippen molar-refractivity contribution in [1.29, 1.82) is 0 Å². The molecule has 0 bridgehead atoms. The predicted molar refractivity (Wildman–Crippen MR) is 101 cm³/mol. The van der Waals surface area contributed by atoms with E-state index in [0.717, 1.165) is 41.7 Å². The lowest BCUT2D eigenvalue weighted by Gasteiger charge is -2.27. The molecule has 0 spiro atoms. The van der Waals surface area contributed by atoms with Crippen LogP contribution in [-0.4, -0.2) is 25.4 Å². The van der Waals surface area contributed by atoms with E-state index in [0.29, 0.717) is 28.4 Å². The van der Waals surface area contributed by atoms with Gasteiger partial charge >= 0.3 is 11.1 Å². The number of carbonyl (C=O) groups is 1. The summed E-state index contributed by atoms with van der Waals surface area (Å²) in [4.78, 5) is 37.7. The summed E-state index contributed by atoms with van der Waals surface area (Å²) in [5.74, 6) is 0.552. The molecule has 0 atom stereocenters. The fourth-order valence-corrected chi connectivity index (χ4v) is 3.84. The maximum absolute atomic E-state index is 11.9. The third-order valence-corrected chi connectivity index (χ3v) is 5.15. The second-order valence-electron chi connectivity index (χ2n) is 6.95. The highest BCUT2D eigenvalue weighted by molar-refractivity contribution is 5.90. The van der Waals surface area contributed by atoms with E-state index in [4.69, 9.17) is 0 Å². The quantitative estimate of drug-likeness (QED) is 0.555. The Kier molecular flexibility index (Phi) is 3.91. The number of aromatic nitrogens is 3. The lowest BCUT2D eigenvalue weighted by atomic mass is 9.85. The number of hydrogen-bond acceptors (Lipinski definition) is 4. The highest BCUT2D eigenvalue weighted by Gasteiger charge is 2.27. The maximum Gasteiger partial charge on any atom is 0.348 e. The van der Waals surface area contributed by atoms with Crippen LogP contribution < -0.4 is 16.4 Å². The number of hydrogen-bond donors (Lipinski definition) is 3. The van der Waals surface area contributed by atoms with Gasteiger partial charge in [-0.25, -0.2) is 0 Å². The number of anilines is 1. The van der Waals surface area contributed by atoms with Crippen LogP contribution in [-0.2, 0) is 11.2 Å². The minimum Gasteiger partial charge on any atom is -0.425 e. The van der Waals surface area contributed by atoms with Crippen molar-refractivity contribution in [2.45, 2.75) is 39.5 Å². The van der Waals surface area contributed by atoms with Crippen LogP contribution in [0.25, 0.3) is 11.3 Å². The molecule has 2 heterocycles. The van der Waals surface area contributed by atoms with Crippen LogP contribution >= 0.6 is 0 Å². The number of aryl methyl sites for hydroxylation is 2. The molecule has 4 rings (SSSR count). The molecule has 0 radical (unpaired) electrons. The second kappa shape index (κ2) is 6.15. The van der Waals surface area contributed by atoms with Gasteiger partial charge in [-0.05, 0) is 50.3 Å². The van der Waals surface area contributed by atoms with Crippen LogP contribution in [0.4, 0.5) is 5.82 Å². The second-order valence-corrected chi connectivity index (χ2v) is 6.95. The molecule has 0 unspecified atom stereocenters. The third-order valence-electron chi connectivity index (χ3n) is 5.15. The van der Waals surface area contributed by atoms with Gasteiger partial charge in [0.25, 0.3) is 0 Å². The van der Waals surface area contributed by atoms with Crippen LogP contribution in [0, 0.1) is 6.92 Å². The summed E-state index contributed by atoms with van der Waals surface area (Å²) >= 11 is 0. The molecule has 27 heavy (non-hydrogen) atoms. The van der Waals surface area contributed by atoms with Crippen LogP contribution in [0.2, 0.25) is 0 Å². The van der Waals surface area contributed by atoms with E-state index in [1.807, 2.05) is 29.8 Å². The first-order valence-electron chi connectivity index (χ1n) is 8.83. The number of allylic oxidation sites excluding steroid dienone is 4. The van der Waals surface area contributed by atoms with E-state index in [9.17, 15) is 19.6 Å². The van der Waals surface area contributed by atoms with Gasteiger partial charge in [0.05, 0.1) is 0 Å². The van der Waals surface area contributed by atoms with Crippen molar-refractivity contribution in [2.24, 2.45) is 0 Å². The normalized spacial score (nSPS) is 15.9. The van der Waals surface area contributed by atoms with Crippen LogP contribution in [0.5, 0.6) is 0 Å². The molecule has 0 aliphatic heterocycles. The topological polar surface area (TPSA) is 109 Å². The summed E-state index contributed by atoms with van der Waals surface area (Å²) in [6, 6.07) is 1.92. The molecule has 3 N–H and O–H groups in total. The van der Waals surface area contributed by atoms with Crippen molar-refractivity contribution in [3.63, 3.8) is 0 Å². The number of aromatic amines is 1. The van der Waals surface area contributed by atoms with Gasteiger partial charge in [-0.2, -0.15) is 0 Å². The molecule has 2 aliphatic carbocycles. The van der Waals surface area contributed by atoms with Gasteiger partial charge < -0.3 is 20.1 Å². The molecule has 0 saturated carbocycles. The molecule has 8 heteroatoms. The van der Waals surface area contributed by atoms with Crippen LogP contribution in [0.15, 0.2) is 33.5 Å². The van der Waals surface area contributed by atoms with E-state index in [-0.39, 0.29) is 5.91 Å². The van der Waals surface area contributed by atoms with E-state index in [1.54, 1.807) is 0 Å². The zero-order valence-corrected chi connectivity index (χ0v) is 15.1. The standard InChI is InChI=1S/C19H20N4O4/c1-10-7-8-22(17(10)20-11(2)24)13-5-3-12-4-6-15-16(14(12)9-13)23(27)19(26)18(25)21-15/h7-9,27H,3-6H2,1-2H3,(H,20,24)(H,21,25). The lowest BCUT2D eigenvalue weighted by Crippen LogP contribution is -2.39. The van der Waals surface area contributed by atoms with Gasteiger partial charge in [-0.1, -0.05) is 5.57 Å². The highest BCUT2D eigenvalue weighted by Crippen LogP contribution is 2.39. The van der Waals surface area contributed by atoms with E-state index in [2.05, 4.69) is 10.3 Å². The summed E-state index contributed by atoms with van der Waals surface area (Å²) in [5, 5.41) is 13.1. The van der Waals surface area contributed by atoms with Crippen LogP contribution in [0.1, 0.15) is 43.1 Å². The zero-order valence-electron chi connectivity index (χ0n) is 15.1. The van der Waals surface area contributed by atoms with Crippen molar-refractivity contribution in [1.82, 2.24) is 14.3 Å². The lowest BCUT2D eigenvalue weighted by molar-refractivity contribution is -0.114. The minimum absolute atomic E-state index is 0.154. The number of nitrogens with zero attached hydrogens (tertiary/aromatic N) is 2. The fraction of sp³-hybridized carbons (Fsp3) is 0.316. The van der Waals surface area contributed by atoms with E-state index < -0.39 is 11.1 Å². The Labute approximate surface area is 154 Å². The van der Waals surface area contributed by atoms with Gasteiger partial charge in [-0.3, -0.25) is 14.4 Å². The van der Waals surface area contributed by atoms with Crippen LogP contribution in [0.3, 0.4) is 0 Å². The Morgan fingerprint density at radius 2 is 1.96 bits per heavy atom. The van der Waals surface area contributed by atoms with Crippen molar-refractivity contribution >= 4 is 23.0 Å². The first-order valence-corrected chi connectivity index (χ1v) is 8.83. The Hall–Kier alpha value is -3.29. The van der Waals surface area contributed by atoms with Crippen molar-refractivity contribution in [2.75, 3.05) is 5.32 Å². The monoisotopic (exact) mass is 368 g/mol. The number of amides is 1. The molecular formula is C19H20N4O4. The van der Waals surface area contributed by atoms with Gasteiger partial charge in [0, 0.05) is 30.1 Å². The number of carbonyl (C=O) groups excluding carboxylic acids is 1. The maximum atomic E-state index is 11.9. The number of H-pyrrole nitrogens is 1. The molecular weight excluding hydrogens is 348 g/mol. The zero-order chi connectivity index (χ0) is 19.3. The first-order chi connectivity index (χ1) is 12.9. The molecule has 2 aromatic heterocycles.